The van der Waals surface area contributed by atoms with Crippen LogP contribution in [-0.2, 0) is 10.0 Å². The predicted molar refractivity (Wildman–Crippen MR) is 77.3 cm³/mol. The molecule has 0 unspecified atom stereocenters. The third-order valence-electron chi connectivity index (χ3n) is 2.75. The van der Waals surface area contributed by atoms with Crippen molar-refractivity contribution in [3.63, 3.8) is 0 Å². The number of fused-ring (bicyclic) bond motifs is 1. The average Bonchev–Trinajstić information content (AvgIpc) is 2.87. The van der Waals surface area contributed by atoms with E-state index in [9.17, 15) is 8.42 Å². The lowest BCUT2D eigenvalue weighted by molar-refractivity contribution is 0.358. The van der Waals surface area contributed by atoms with Crippen molar-refractivity contribution < 1.29 is 8.42 Å². The lowest BCUT2D eigenvalue weighted by atomic mass is 10.3. The molecule has 2 aromatic rings. The molecule has 0 amide bonds. The Kier molecular flexibility index (Phi) is 4.34. The molecule has 108 valence electrons. The molecule has 0 fully saturated rings. The summed E-state index contributed by atoms with van der Waals surface area (Å²) in [5.41, 5.74) is 0. The quantitative estimate of drug-likeness (QED) is 0.842. The summed E-state index contributed by atoms with van der Waals surface area (Å²) in [6, 6.07) is 1.69. The van der Waals surface area contributed by atoms with E-state index in [-0.39, 0.29) is 29.2 Å². The minimum atomic E-state index is -3.80. The Balaban J connectivity index is 2.55. The minimum absolute atomic E-state index is 0.0398. The molecular formula is C11H13ClN4O2S2. The van der Waals surface area contributed by atoms with E-state index in [0.717, 1.165) is 0 Å². The van der Waals surface area contributed by atoms with Crippen LogP contribution in [0.15, 0.2) is 16.6 Å². The third kappa shape index (κ3) is 2.54. The van der Waals surface area contributed by atoms with Crippen molar-refractivity contribution in [1.82, 2.24) is 13.7 Å². The van der Waals surface area contributed by atoms with E-state index in [1.54, 1.807) is 25.4 Å². The second kappa shape index (κ2) is 5.69. The van der Waals surface area contributed by atoms with Crippen LogP contribution in [0, 0.1) is 11.3 Å². The molecule has 0 spiro atoms. The van der Waals surface area contributed by atoms with Gasteiger partial charge in [-0.2, -0.15) is 9.57 Å². The number of sulfonamides is 1. The summed E-state index contributed by atoms with van der Waals surface area (Å²) in [4.78, 5) is 4.56. The summed E-state index contributed by atoms with van der Waals surface area (Å²) in [5, 5.41) is 10.3. The van der Waals surface area contributed by atoms with Crippen molar-refractivity contribution in [2.75, 3.05) is 6.54 Å². The molecule has 0 bridgehead atoms. The normalized spacial score (nSPS) is 12.4. The highest BCUT2D eigenvalue weighted by Crippen LogP contribution is 2.28. The van der Waals surface area contributed by atoms with Crippen molar-refractivity contribution in [3.8, 4) is 6.07 Å². The van der Waals surface area contributed by atoms with E-state index in [1.807, 2.05) is 6.07 Å². The van der Waals surface area contributed by atoms with Crippen molar-refractivity contribution in [2.24, 2.45) is 0 Å². The summed E-state index contributed by atoms with van der Waals surface area (Å²) >= 11 is 7.29. The zero-order chi connectivity index (χ0) is 14.9. The van der Waals surface area contributed by atoms with E-state index < -0.39 is 10.0 Å². The third-order valence-corrected chi connectivity index (χ3v) is 5.98. The number of halogens is 1. The fraction of sp³-hybridized carbons (Fsp3) is 0.455. The number of rotatable bonds is 5. The van der Waals surface area contributed by atoms with Gasteiger partial charge in [-0.05, 0) is 13.8 Å². The molecular weight excluding hydrogens is 320 g/mol. The molecule has 6 nitrogen and oxygen atoms in total. The predicted octanol–water partition coefficient (Wildman–Crippen LogP) is 2.36. The van der Waals surface area contributed by atoms with Gasteiger partial charge in [-0.25, -0.2) is 13.4 Å². The summed E-state index contributed by atoms with van der Waals surface area (Å²) in [7, 11) is -3.80. The Labute approximate surface area is 126 Å². The Bertz CT molecular complexity index is 757. The van der Waals surface area contributed by atoms with Gasteiger partial charge in [-0.15, -0.1) is 11.3 Å². The molecule has 2 rings (SSSR count). The fourth-order valence-corrected chi connectivity index (χ4v) is 4.95. The first-order valence-electron chi connectivity index (χ1n) is 5.89. The van der Waals surface area contributed by atoms with Gasteiger partial charge in [0.25, 0.3) is 10.0 Å². The Morgan fingerprint density at radius 1 is 1.60 bits per heavy atom. The van der Waals surface area contributed by atoms with E-state index in [2.05, 4.69) is 4.98 Å². The van der Waals surface area contributed by atoms with Crippen LogP contribution >= 0.6 is 22.9 Å². The zero-order valence-corrected chi connectivity index (χ0v) is 13.3. The van der Waals surface area contributed by atoms with Gasteiger partial charge >= 0.3 is 0 Å². The van der Waals surface area contributed by atoms with Gasteiger partial charge in [0.1, 0.15) is 0 Å². The zero-order valence-electron chi connectivity index (χ0n) is 10.9. The van der Waals surface area contributed by atoms with E-state index >= 15 is 0 Å². The Morgan fingerprint density at radius 2 is 2.30 bits per heavy atom. The molecule has 0 aliphatic carbocycles. The van der Waals surface area contributed by atoms with Gasteiger partial charge in [0.15, 0.2) is 15.1 Å². The van der Waals surface area contributed by atoms with Crippen molar-refractivity contribution in [3.05, 3.63) is 16.7 Å². The van der Waals surface area contributed by atoms with Gasteiger partial charge in [0, 0.05) is 30.6 Å². The van der Waals surface area contributed by atoms with Crippen LogP contribution in [0.25, 0.3) is 4.96 Å². The first kappa shape index (κ1) is 15.3. The molecule has 0 saturated heterocycles. The van der Waals surface area contributed by atoms with E-state index in [1.165, 1.54) is 20.0 Å². The standard InChI is InChI=1S/C11H13ClN4O2S2/c1-8(2)16(5-3-4-13)20(17,18)10-9(12)14-11-15(10)6-7-19-11/h6-8H,3,5H2,1-2H3. The average molecular weight is 333 g/mol. The van der Waals surface area contributed by atoms with Crippen molar-refractivity contribution in [1.29, 1.82) is 5.26 Å². The largest absolute Gasteiger partial charge is 0.279 e. The lowest BCUT2D eigenvalue weighted by Crippen LogP contribution is -2.38. The first-order chi connectivity index (χ1) is 9.39. The summed E-state index contributed by atoms with van der Waals surface area (Å²) in [6.07, 6.45) is 1.75. The summed E-state index contributed by atoms with van der Waals surface area (Å²) < 4.78 is 28.2. The molecule has 0 aliphatic heterocycles. The lowest BCUT2D eigenvalue weighted by Gasteiger charge is -2.24. The van der Waals surface area contributed by atoms with Crippen LogP contribution in [0.1, 0.15) is 20.3 Å². The summed E-state index contributed by atoms with van der Waals surface area (Å²) in [6.45, 7) is 3.65. The number of hydrogen-bond donors (Lipinski definition) is 0. The number of aromatic nitrogens is 2. The summed E-state index contributed by atoms with van der Waals surface area (Å²) in [5.74, 6) is 0. The monoisotopic (exact) mass is 332 g/mol. The fourth-order valence-electron chi connectivity index (χ4n) is 1.90. The highest BCUT2D eigenvalue weighted by atomic mass is 35.5. The second-order valence-corrected chi connectivity index (χ2v) is 7.42. The number of imidazole rings is 1. The van der Waals surface area contributed by atoms with Gasteiger partial charge < -0.3 is 0 Å². The highest BCUT2D eigenvalue weighted by Gasteiger charge is 2.32. The molecule has 2 aromatic heterocycles. The Morgan fingerprint density at radius 3 is 2.90 bits per heavy atom. The molecule has 9 heteroatoms. The van der Waals surface area contributed by atoms with Crippen LogP contribution in [0.3, 0.4) is 0 Å². The molecule has 0 aliphatic rings. The van der Waals surface area contributed by atoms with Gasteiger partial charge in [-0.3, -0.25) is 4.40 Å². The maximum atomic E-state index is 12.7. The Hall–Kier alpha value is -1.14. The SMILES string of the molecule is CC(C)N(CCC#N)S(=O)(=O)c1c(Cl)nc2sccn12. The molecule has 0 N–H and O–H groups in total. The molecule has 20 heavy (non-hydrogen) atoms. The van der Waals surface area contributed by atoms with Crippen molar-refractivity contribution in [2.45, 2.75) is 31.3 Å². The van der Waals surface area contributed by atoms with Gasteiger partial charge in [-0.1, -0.05) is 11.6 Å². The van der Waals surface area contributed by atoms with Gasteiger partial charge in [0.05, 0.1) is 6.07 Å². The molecule has 0 atom stereocenters. The van der Waals surface area contributed by atoms with Crippen LogP contribution in [0.5, 0.6) is 0 Å². The number of nitrogens with zero attached hydrogens (tertiary/aromatic N) is 4. The minimum Gasteiger partial charge on any atom is -0.279 e. The number of hydrogen-bond acceptors (Lipinski definition) is 5. The molecule has 2 heterocycles. The smallest absolute Gasteiger partial charge is 0.262 e. The van der Waals surface area contributed by atoms with Gasteiger partial charge in [0.2, 0.25) is 0 Å². The number of thiazole rings is 1. The van der Waals surface area contributed by atoms with Crippen molar-refractivity contribution >= 4 is 37.9 Å². The van der Waals surface area contributed by atoms with Crippen LogP contribution in [0.4, 0.5) is 0 Å². The first-order valence-corrected chi connectivity index (χ1v) is 8.59. The molecule has 0 aromatic carbocycles. The van der Waals surface area contributed by atoms with E-state index in [0.29, 0.717) is 4.96 Å². The highest BCUT2D eigenvalue weighted by molar-refractivity contribution is 7.89. The van der Waals surface area contributed by atoms with E-state index in [4.69, 9.17) is 16.9 Å². The maximum absolute atomic E-state index is 12.7. The molecule has 0 saturated carbocycles. The van der Waals surface area contributed by atoms with Crippen LogP contribution < -0.4 is 0 Å². The van der Waals surface area contributed by atoms with Crippen LogP contribution in [0.2, 0.25) is 5.15 Å². The van der Waals surface area contributed by atoms with Crippen LogP contribution in [-0.4, -0.2) is 34.7 Å². The second-order valence-electron chi connectivity index (χ2n) is 4.38. The topological polar surface area (TPSA) is 78.5 Å². The number of nitriles is 1. The maximum Gasteiger partial charge on any atom is 0.262 e. The molecule has 0 radical (unpaired) electrons.